The van der Waals surface area contributed by atoms with Crippen LogP contribution in [0.25, 0.3) is 0 Å². The maximum Gasteiger partial charge on any atom is 0.138 e. The lowest BCUT2D eigenvalue weighted by Gasteiger charge is -2.13. The zero-order valence-electron chi connectivity index (χ0n) is 8.60. The van der Waals surface area contributed by atoms with E-state index in [9.17, 15) is 0 Å². The summed E-state index contributed by atoms with van der Waals surface area (Å²) in [6.45, 7) is 2.91. The molecule has 1 aromatic heterocycles. The molecule has 3 N–H and O–H groups in total. The van der Waals surface area contributed by atoms with E-state index in [1.165, 1.54) is 0 Å². The Hall–Kier alpha value is -0.590. The molecule has 5 nitrogen and oxygen atoms in total. The predicted molar refractivity (Wildman–Crippen MR) is 58.9 cm³/mol. The Morgan fingerprint density at radius 3 is 3.07 bits per heavy atom. The molecule has 0 aromatic carbocycles. The summed E-state index contributed by atoms with van der Waals surface area (Å²) in [5.41, 5.74) is 2.79. The van der Waals surface area contributed by atoms with Crippen LogP contribution in [0.15, 0.2) is 6.33 Å². The summed E-state index contributed by atoms with van der Waals surface area (Å²) in [4.78, 5) is 4.20. The van der Waals surface area contributed by atoms with Crippen LogP contribution in [0.3, 0.4) is 0 Å². The summed E-state index contributed by atoms with van der Waals surface area (Å²) < 4.78 is 1.89. The molecule has 0 saturated heterocycles. The van der Waals surface area contributed by atoms with Crippen LogP contribution in [0.5, 0.6) is 0 Å². The number of hydrogen-bond acceptors (Lipinski definition) is 5. The van der Waals surface area contributed by atoms with Gasteiger partial charge in [0.1, 0.15) is 12.2 Å². The molecule has 1 atom stereocenters. The molecule has 0 saturated carbocycles. The molecule has 1 aromatic rings. The van der Waals surface area contributed by atoms with Gasteiger partial charge in [0.05, 0.1) is 0 Å². The molecule has 0 aliphatic heterocycles. The van der Waals surface area contributed by atoms with Gasteiger partial charge >= 0.3 is 0 Å². The molecule has 0 spiro atoms. The normalized spacial score (nSPS) is 13.1. The highest BCUT2D eigenvalue weighted by Gasteiger charge is 2.11. The minimum Gasteiger partial charge on any atom is -0.271 e. The fourth-order valence-electron chi connectivity index (χ4n) is 1.30. The molecule has 80 valence electrons. The first-order chi connectivity index (χ1) is 6.81. The predicted octanol–water partition coefficient (Wildman–Crippen LogP) is 0.0354. The molecular weight excluding hydrogens is 198 g/mol. The van der Waals surface area contributed by atoms with E-state index in [1.54, 1.807) is 18.1 Å². The molecule has 14 heavy (non-hydrogen) atoms. The van der Waals surface area contributed by atoms with Gasteiger partial charge in [-0.1, -0.05) is 0 Å². The molecule has 0 radical (unpaired) electrons. The number of thioether (sulfide) groups is 1. The molecule has 1 heterocycles. The van der Waals surface area contributed by atoms with Gasteiger partial charge in [0.2, 0.25) is 0 Å². The van der Waals surface area contributed by atoms with Gasteiger partial charge in [-0.3, -0.25) is 16.0 Å². The third-order valence-electron chi connectivity index (χ3n) is 2.03. The van der Waals surface area contributed by atoms with Crippen LogP contribution in [0.2, 0.25) is 0 Å². The molecular formula is C8H17N5S. The van der Waals surface area contributed by atoms with Crippen molar-refractivity contribution in [3.8, 4) is 0 Å². The molecule has 1 unspecified atom stereocenters. The molecule has 0 aliphatic rings. The third kappa shape index (κ3) is 2.97. The summed E-state index contributed by atoms with van der Waals surface area (Å²) in [5.74, 6) is 7.42. The number of aromatic nitrogens is 3. The van der Waals surface area contributed by atoms with Gasteiger partial charge in [0.15, 0.2) is 0 Å². The number of hydrazine groups is 1. The molecule has 6 heteroatoms. The Labute approximate surface area is 88.4 Å². The van der Waals surface area contributed by atoms with E-state index in [1.807, 2.05) is 4.68 Å². The van der Waals surface area contributed by atoms with Crippen molar-refractivity contribution in [3.05, 3.63) is 12.2 Å². The van der Waals surface area contributed by atoms with Crippen LogP contribution < -0.4 is 11.3 Å². The van der Waals surface area contributed by atoms with Crippen LogP contribution in [-0.4, -0.2) is 32.8 Å². The monoisotopic (exact) mass is 215 g/mol. The second-order valence-corrected chi connectivity index (χ2v) is 3.93. The zero-order chi connectivity index (χ0) is 10.4. The van der Waals surface area contributed by atoms with E-state index in [0.717, 1.165) is 24.5 Å². The van der Waals surface area contributed by atoms with Crippen molar-refractivity contribution >= 4 is 11.8 Å². The van der Waals surface area contributed by atoms with E-state index in [-0.39, 0.29) is 6.04 Å². The fraction of sp³-hybridized carbons (Fsp3) is 0.750. The Balaban J connectivity index is 2.56. The summed E-state index contributed by atoms with van der Waals surface area (Å²) in [6.07, 6.45) is 4.48. The number of nitrogens with one attached hydrogen (secondary N) is 1. The third-order valence-corrected chi connectivity index (χ3v) is 2.76. The van der Waals surface area contributed by atoms with Gasteiger partial charge in [0.25, 0.3) is 0 Å². The molecule has 0 aliphatic carbocycles. The summed E-state index contributed by atoms with van der Waals surface area (Å²) in [5, 5.41) is 4.11. The van der Waals surface area contributed by atoms with Gasteiger partial charge in [-0.25, -0.2) is 4.98 Å². The van der Waals surface area contributed by atoms with E-state index >= 15 is 0 Å². The largest absolute Gasteiger partial charge is 0.271 e. The quantitative estimate of drug-likeness (QED) is 0.518. The molecule has 0 bridgehead atoms. The highest BCUT2D eigenvalue weighted by Crippen LogP contribution is 2.03. The second-order valence-electron chi connectivity index (χ2n) is 3.02. The van der Waals surface area contributed by atoms with Crippen molar-refractivity contribution < 1.29 is 0 Å². The van der Waals surface area contributed by atoms with Crippen molar-refractivity contribution in [3.63, 3.8) is 0 Å². The van der Waals surface area contributed by atoms with E-state index < -0.39 is 0 Å². The van der Waals surface area contributed by atoms with Crippen LogP contribution in [0, 0.1) is 0 Å². The lowest BCUT2D eigenvalue weighted by molar-refractivity contribution is 0.528. The van der Waals surface area contributed by atoms with E-state index in [0.29, 0.717) is 0 Å². The van der Waals surface area contributed by atoms with Crippen LogP contribution in [-0.2, 0) is 13.0 Å². The number of rotatable bonds is 6. The minimum absolute atomic E-state index is 0.263. The molecule has 1 rings (SSSR count). The summed E-state index contributed by atoms with van der Waals surface area (Å²) >= 11 is 1.77. The van der Waals surface area contributed by atoms with E-state index in [2.05, 4.69) is 28.7 Å². The highest BCUT2D eigenvalue weighted by atomic mass is 32.2. The number of nitrogens with two attached hydrogens (primary N) is 1. The average Bonchev–Trinajstić information content (AvgIpc) is 2.64. The molecule has 0 fully saturated rings. The first-order valence-electron chi connectivity index (χ1n) is 4.63. The highest BCUT2D eigenvalue weighted by molar-refractivity contribution is 7.98. The number of hydrogen-bond donors (Lipinski definition) is 2. The topological polar surface area (TPSA) is 68.8 Å². The van der Waals surface area contributed by atoms with Gasteiger partial charge in [-0.05, 0) is 13.2 Å². The Morgan fingerprint density at radius 1 is 1.71 bits per heavy atom. The van der Waals surface area contributed by atoms with Gasteiger partial charge in [-0.2, -0.15) is 16.9 Å². The van der Waals surface area contributed by atoms with E-state index in [4.69, 9.17) is 5.84 Å². The van der Waals surface area contributed by atoms with Crippen molar-refractivity contribution in [1.29, 1.82) is 0 Å². The Bertz CT molecular complexity index is 262. The lowest BCUT2D eigenvalue weighted by Crippen LogP contribution is -2.39. The fourth-order valence-corrected chi connectivity index (χ4v) is 1.91. The van der Waals surface area contributed by atoms with Gasteiger partial charge in [-0.15, -0.1) is 0 Å². The number of aryl methyl sites for hydroxylation is 1. The smallest absolute Gasteiger partial charge is 0.138 e. The van der Waals surface area contributed by atoms with Gasteiger partial charge < -0.3 is 0 Å². The maximum absolute atomic E-state index is 5.45. The summed E-state index contributed by atoms with van der Waals surface area (Å²) in [7, 11) is 0. The average molecular weight is 215 g/mol. The van der Waals surface area contributed by atoms with Crippen molar-refractivity contribution in [1.82, 2.24) is 20.2 Å². The standard InChI is InChI=1S/C8H17N5S/c1-3-13-8(10-6-11-13)4-7(12-9)5-14-2/h6-7,12H,3-5,9H2,1-2H3. The number of nitrogens with zero attached hydrogens (tertiary/aromatic N) is 3. The zero-order valence-corrected chi connectivity index (χ0v) is 9.42. The summed E-state index contributed by atoms with van der Waals surface area (Å²) in [6, 6.07) is 0.263. The van der Waals surface area contributed by atoms with Crippen molar-refractivity contribution in [2.45, 2.75) is 25.9 Å². The molecule has 0 amide bonds. The SMILES string of the molecule is CCn1ncnc1CC(CSC)NN. The van der Waals surface area contributed by atoms with Crippen LogP contribution in [0.4, 0.5) is 0 Å². The van der Waals surface area contributed by atoms with Crippen molar-refractivity contribution in [2.75, 3.05) is 12.0 Å². The van der Waals surface area contributed by atoms with Crippen LogP contribution >= 0.6 is 11.8 Å². The lowest BCUT2D eigenvalue weighted by atomic mass is 10.2. The van der Waals surface area contributed by atoms with Gasteiger partial charge in [0, 0.05) is 24.8 Å². The first kappa shape index (κ1) is 11.5. The maximum atomic E-state index is 5.45. The first-order valence-corrected chi connectivity index (χ1v) is 6.03. The Morgan fingerprint density at radius 2 is 2.50 bits per heavy atom. The van der Waals surface area contributed by atoms with Crippen LogP contribution in [0.1, 0.15) is 12.7 Å². The second kappa shape index (κ2) is 6.00. The minimum atomic E-state index is 0.263. The Kier molecular flexibility index (Phi) is 4.92. The van der Waals surface area contributed by atoms with Crippen molar-refractivity contribution in [2.24, 2.45) is 5.84 Å².